The van der Waals surface area contributed by atoms with Gasteiger partial charge in [-0.2, -0.15) is 0 Å². The van der Waals surface area contributed by atoms with Crippen molar-refractivity contribution in [3.8, 4) is 5.69 Å². The molecule has 2 fully saturated rings. The summed E-state index contributed by atoms with van der Waals surface area (Å²) < 4.78 is 14.8. The molecule has 1 aliphatic carbocycles. The van der Waals surface area contributed by atoms with E-state index in [1.54, 1.807) is 29.3 Å². The number of amides is 2. The largest absolute Gasteiger partial charge is 0.327 e. The molecule has 0 bridgehead atoms. The highest BCUT2D eigenvalue weighted by Gasteiger charge is 2.53. The second kappa shape index (κ2) is 5.91. The van der Waals surface area contributed by atoms with Gasteiger partial charge in [0.15, 0.2) is 0 Å². The van der Waals surface area contributed by atoms with E-state index in [1.807, 2.05) is 6.07 Å². The number of carbonyl (C=O) groups is 2. The predicted octanol–water partition coefficient (Wildman–Crippen LogP) is 0.335. The zero-order valence-corrected chi connectivity index (χ0v) is 13.5. The van der Waals surface area contributed by atoms with E-state index in [4.69, 9.17) is 0 Å². The molecule has 0 spiro atoms. The van der Waals surface area contributed by atoms with Crippen LogP contribution in [0.1, 0.15) is 18.5 Å². The number of nitrogens with zero attached hydrogens (tertiary/aromatic N) is 6. The van der Waals surface area contributed by atoms with Gasteiger partial charge >= 0.3 is 11.8 Å². The quantitative estimate of drug-likeness (QED) is 0.730. The minimum Gasteiger partial charge on any atom is -0.327 e. The first-order valence-corrected chi connectivity index (χ1v) is 8.11. The van der Waals surface area contributed by atoms with E-state index in [-0.39, 0.29) is 6.54 Å². The van der Waals surface area contributed by atoms with Crippen LogP contribution in [-0.4, -0.2) is 66.9 Å². The molecule has 1 saturated heterocycles. The SMILES string of the molecule is O=C1C(=O)N(C2(CF)CC2)CCN1Cc1ccc(-n2ccnn2)cn1. The number of hydrogen-bond donors (Lipinski definition) is 0. The maximum absolute atomic E-state index is 13.2. The summed E-state index contributed by atoms with van der Waals surface area (Å²) in [5.74, 6) is -1.20. The number of piperazine rings is 1. The second-order valence-electron chi connectivity index (χ2n) is 6.40. The van der Waals surface area contributed by atoms with Gasteiger partial charge in [-0.25, -0.2) is 9.07 Å². The Kier molecular flexibility index (Phi) is 3.70. The molecule has 8 nitrogen and oxygen atoms in total. The van der Waals surface area contributed by atoms with Crippen molar-refractivity contribution in [2.75, 3.05) is 19.8 Å². The summed E-state index contributed by atoms with van der Waals surface area (Å²) in [4.78, 5) is 31.8. The predicted molar refractivity (Wildman–Crippen MR) is 84.2 cm³/mol. The lowest BCUT2D eigenvalue weighted by atomic mass is 10.1. The zero-order valence-electron chi connectivity index (χ0n) is 13.5. The van der Waals surface area contributed by atoms with Gasteiger partial charge in [-0.15, -0.1) is 5.10 Å². The molecule has 0 radical (unpaired) electrons. The van der Waals surface area contributed by atoms with E-state index in [0.29, 0.717) is 31.6 Å². The van der Waals surface area contributed by atoms with Gasteiger partial charge < -0.3 is 9.80 Å². The average molecular weight is 344 g/mol. The lowest BCUT2D eigenvalue weighted by Crippen LogP contribution is -2.58. The fraction of sp³-hybridized carbons (Fsp3) is 0.438. The van der Waals surface area contributed by atoms with Crippen molar-refractivity contribution in [1.29, 1.82) is 0 Å². The third kappa shape index (κ3) is 2.75. The minimum absolute atomic E-state index is 0.249. The van der Waals surface area contributed by atoms with Crippen molar-refractivity contribution < 1.29 is 14.0 Å². The van der Waals surface area contributed by atoms with Crippen LogP contribution in [0.2, 0.25) is 0 Å². The Morgan fingerprint density at radius 2 is 2.00 bits per heavy atom. The molecule has 0 N–H and O–H groups in total. The highest BCUT2D eigenvalue weighted by Crippen LogP contribution is 2.42. The van der Waals surface area contributed by atoms with Crippen LogP contribution in [0.5, 0.6) is 0 Å². The van der Waals surface area contributed by atoms with Crippen LogP contribution in [0.3, 0.4) is 0 Å². The third-order valence-electron chi connectivity index (χ3n) is 4.81. The van der Waals surface area contributed by atoms with Crippen LogP contribution in [0.25, 0.3) is 5.69 Å². The number of halogens is 1. The normalized spacial score (nSPS) is 19.4. The van der Waals surface area contributed by atoms with E-state index in [1.165, 1.54) is 9.80 Å². The topological polar surface area (TPSA) is 84.2 Å². The molecular weight excluding hydrogens is 327 g/mol. The lowest BCUT2D eigenvalue weighted by Gasteiger charge is -2.37. The van der Waals surface area contributed by atoms with Gasteiger partial charge in [-0.05, 0) is 25.0 Å². The summed E-state index contributed by atoms with van der Waals surface area (Å²) >= 11 is 0. The van der Waals surface area contributed by atoms with Crippen LogP contribution < -0.4 is 0 Å². The second-order valence-corrected chi connectivity index (χ2v) is 6.40. The number of aromatic nitrogens is 4. The summed E-state index contributed by atoms with van der Waals surface area (Å²) in [5, 5.41) is 7.62. The molecule has 2 amide bonds. The van der Waals surface area contributed by atoms with Crippen molar-refractivity contribution in [1.82, 2.24) is 29.8 Å². The van der Waals surface area contributed by atoms with E-state index >= 15 is 0 Å². The maximum atomic E-state index is 13.2. The molecule has 2 aliphatic rings. The first-order valence-electron chi connectivity index (χ1n) is 8.11. The number of alkyl halides is 1. The number of hydrogen-bond acceptors (Lipinski definition) is 5. The lowest BCUT2D eigenvalue weighted by molar-refractivity contribution is -0.159. The molecule has 3 heterocycles. The van der Waals surface area contributed by atoms with Gasteiger partial charge in [0.2, 0.25) is 0 Å². The molecule has 130 valence electrons. The highest BCUT2D eigenvalue weighted by atomic mass is 19.1. The van der Waals surface area contributed by atoms with Crippen molar-refractivity contribution in [2.45, 2.75) is 24.9 Å². The Morgan fingerprint density at radius 1 is 1.16 bits per heavy atom. The molecule has 0 unspecified atom stereocenters. The van der Waals surface area contributed by atoms with E-state index in [9.17, 15) is 14.0 Å². The first-order chi connectivity index (χ1) is 12.1. The molecule has 4 rings (SSSR count). The minimum atomic E-state index is -0.726. The Morgan fingerprint density at radius 3 is 2.60 bits per heavy atom. The van der Waals surface area contributed by atoms with Crippen LogP contribution in [0.4, 0.5) is 4.39 Å². The van der Waals surface area contributed by atoms with Crippen molar-refractivity contribution in [3.05, 3.63) is 36.4 Å². The Labute approximate surface area is 143 Å². The Bertz CT molecular complexity index is 787. The Balaban J connectivity index is 1.43. The van der Waals surface area contributed by atoms with Crippen molar-refractivity contribution >= 4 is 11.8 Å². The number of rotatable bonds is 5. The zero-order chi connectivity index (χ0) is 17.4. The van der Waals surface area contributed by atoms with E-state index in [0.717, 1.165) is 5.69 Å². The maximum Gasteiger partial charge on any atom is 0.312 e. The molecular formula is C16H17FN6O2. The fourth-order valence-electron chi connectivity index (χ4n) is 3.09. The molecule has 1 aliphatic heterocycles. The Hall–Kier alpha value is -2.84. The van der Waals surface area contributed by atoms with Gasteiger partial charge in [0.05, 0.1) is 42.1 Å². The van der Waals surface area contributed by atoms with Gasteiger partial charge in [0.1, 0.15) is 6.67 Å². The third-order valence-corrected chi connectivity index (χ3v) is 4.81. The van der Waals surface area contributed by atoms with Crippen molar-refractivity contribution in [3.63, 3.8) is 0 Å². The van der Waals surface area contributed by atoms with Gasteiger partial charge in [0, 0.05) is 13.1 Å². The highest BCUT2D eigenvalue weighted by molar-refractivity contribution is 6.35. The molecule has 0 atom stereocenters. The van der Waals surface area contributed by atoms with Crippen molar-refractivity contribution in [2.24, 2.45) is 0 Å². The van der Waals surface area contributed by atoms with Gasteiger partial charge in [-0.3, -0.25) is 14.6 Å². The molecule has 9 heteroatoms. The summed E-state index contributed by atoms with van der Waals surface area (Å²) in [6, 6.07) is 3.60. The fourth-order valence-corrected chi connectivity index (χ4v) is 3.09. The van der Waals surface area contributed by atoms with Gasteiger partial charge in [-0.1, -0.05) is 5.21 Å². The standard InChI is InChI=1S/C16H17FN6O2/c17-11-16(3-4-16)22-8-7-21(14(24)15(22)25)10-12-1-2-13(9-18-12)23-6-5-19-20-23/h1-2,5-6,9H,3-4,7-8,10-11H2. The summed E-state index contributed by atoms with van der Waals surface area (Å²) in [6.45, 7) is 0.417. The smallest absolute Gasteiger partial charge is 0.312 e. The van der Waals surface area contributed by atoms with Crippen LogP contribution in [-0.2, 0) is 16.1 Å². The first kappa shape index (κ1) is 15.7. The van der Waals surface area contributed by atoms with Crippen LogP contribution in [0, 0.1) is 0 Å². The molecule has 25 heavy (non-hydrogen) atoms. The molecule has 2 aromatic rings. The number of pyridine rings is 1. The summed E-state index contributed by atoms with van der Waals surface area (Å²) in [6.07, 6.45) is 6.18. The molecule has 1 saturated carbocycles. The molecule has 0 aromatic carbocycles. The number of carbonyl (C=O) groups excluding carboxylic acids is 2. The van der Waals surface area contributed by atoms with E-state index < -0.39 is 24.0 Å². The monoisotopic (exact) mass is 344 g/mol. The van der Waals surface area contributed by atoms with Crippen LogP contribution >= 0.6 is 0 Å². The summed E-state index contributed by atoms with van der Waals surface area (Å²) in [5.41, 5.74) is 0.702. The van der Waals surface area contributed by atoms with Gasteiger partial charge in [0.25, 0.3) is 0 Å². The molecule has 2 aromatic heterocycles. The summed E-state index contributed by atoms with van der Waals surface area (Å²) in [7, 11) is 0. The van der Waals surface area contributed by atoms with E-state index in [2.05, 4.69) is 15.3 Å². The van der Waals surface area contributed by atoms with Crippen LogP contribution in [0.15, 0.2) is 30.7 Å². The average Bonchev–Trinajstić information content (AvgIpc) is 3.23.